The summed E-state index contributed by atoms with van der Waals surface area (Å²) < 4.78 is 6.18. The van der Waals surface area contributed by atoms with Crippen molar-refractivity contribution in [3.63, 3.8) is 0 Å². The molecule has 0 saturated heterocycles. The van der Waals surface area contributed by atoms with Gasteiger partial charge in [0.2, 0.25) is 0 Å². The Hall–Kier alpha value is -0.580. The van der Waals surface area contributed by atoms with E-state index in [1.807, 2.05) is 6.07 Å². The first-order valence-electron chi connectivity index (χ1n) is 5.94. The molecule has 0 aliphatic rings. The lowest BCUT2D eigenvalue weighted by molar-refractivity contribution is 0.412. The number of rotatable bonds is 7. The van der Waals surface area contributed by atoms with E-state index in [2.05, 4.69) is 40.3 Å². The van der Waals surface area contributed by atoms with E-state index >= 15 is 0 Å². The van der Waals surface area contributed by atoms with E-state index in [0.29, 0.717) is 5.92 Å². The molecular formula is C13H21BrN2O. The van der Waals surface area contributed by atoms with Gasteiger partial charge in [0.05, 0.1) is 11.6 Å². The molecule has 4 heteroatoms. The second kappa shape index (κ2) is 7.69. The van der Waals surface area contributed by atoms with E-state index in [4.69, 9.17) is 10.5 Å². The predicted molar refractivity (Wildman–Crippen MR) is 75.2 cm³/mol. The topological polar surface area (TPSA) is 47.3 Å². The SMILES string of the molecule is CCC(CN)CNCc1ccc(OC)c(Br)c1. The molecule has 1 rings (SSSR count). The molecule has 1 unspecified atom stereocenters. The number of halogens is 1. The van der Waals surface area contributed by atoms with Crippen LogP contribution in [0.15, 0.2) is 22.7 Å². The maximum atomic E-state index is 5.66. The average Bonchev–Trinajstić information content (AvgIpc) is 2.35. The third-order valence-corrected chi connectivity index (χ3v) is 3.51. The van der Waals surface area contributed by atoms with Crippen LogP contribution in [0.5, 0.6) is 5.75 Å². The van der Waals surface area contributed by atoms with E-state index in [0.717, 1.165) is 36.3 Å². The zero-order chi connectivity index (χ0) is 12.7. The lowest BCUT2D eigenvalue weighted by Gasteiger charge is -2.13. The van der Waals surface area contributed by atoms with Crippen LogP contribution in [-0.4, -0.2) is 20.2 Å². The number of nitrogens with one attached hydrogen (secondary N) is 1. The molecular weight excluding hydrogens is 280 g/mol. The molecule has 0 fully saturated rings. The largest absolute Gasteiger partial charge is 0.496 e. The van der Waals surface area contributed by atoms with Gasteiger partial charge in [-0.1, -0.05) is 19.4 Å². The summed E-state index contributed by atoms with van der Waals surface area (Å²) in [4.78, 5) is 0. The predicted octanol–water partition coefficient (Wildman–Crippen LogP) is 2.53. The molecule has 0 radical (unpaired) electrons. The molecule has 0 heterocycles. The molecule has 96 valence electrons. The van der Waals surface area contributed by atoms with Gasteiger partial charge in [-0.3, -0.25) is 0 Å². The molecule has 0 spiro atoms. The number of benzene rings is 1. The Labute approximate surface area is 112 Å². The second-order valence-electron chi connectivity index (χ2n) is 4.11. The third kappa shape index (κ3) is 4.66. The highest BCUT2D eigenvalue weighted by molar-refractivity contribution is 9.10. The van der Waals surface area contributed by atoms with Crippen LogP contribution in [0.1, 0.15) is 18.9 Å². The summed E-state index contributed by atoms with van der Waals surface area (Å²) in [5.74, 6) is 1.43. The molecule has 0 amide bonds. The highest BCUT2D eigenvalue weighted by Crippen LogP contribution is 2.25. The van der Waals surface area contributed by atoms with Crippen LogP contribution in [0.3, 0.4) is 0 Å². The summed E-state index contributed by atoms with van der Waals surface area (Å²) in [5.41, 5.74) is 6.90. The Morgan fingerprint density at radius 2 is 2.24 bits per heavy atom. The zero-order valence-electron chi connectivity index (χ0n) is 10.5. The lowest BCUT2D eigenvalue weighted by Crippen LogP contribution is -2.27. The van der Waals surface area contributed by atoms with Crippen molar-refractivity contribution in [3.8, 4) is 5.75 Å². The average molecular weight is 301 g/mol. The van der Waals surface area contributed by atoms with E-state index in [9.17, 15) is 0 Å². The summed E-state index contributed by atoms with van der Waals surface area (Å²) in [6.07, 6.45) is 1.12. The van der Waals surface area contributed by atoms with Crippen molar-refractivity contribution in [3.05, 3.63) is 28.2 Å². The number of methoxy groups -OCH3 is 1. The Balaban J connectivity index is 2.44. The first-order chi connectivity index (χ1) is 8.21. The molecule has 0 aliphatic carbocycles. The molecule has 0 bridgehead atoms. The van der Waals surface area contributed by atoms with Gasteiger partial charge in [-0.2, -0.15) is 0 Å². The second-order valence-corrected chi connectivity index (χ2v) is 4.96. The van der Waals surface area contributed by atoms with Crippen LogP contribution in [0, 0.1) is 5.92 Å². The quantitative estimate of drug-likeness (QED) is 0.813. The van der Waals surface area contributed by atoms with Crippen LogP contribution in [0.4, 0.5) is 0 Å². The highest BCUT2D eigenvalue weighted by Gasteiger charge is 2.04. The smallest absolute Gasteiger partial charge is 0.133 e. The number of hydrogen-bond acceptors (Lipinski definition) is 3. The van der Waals surface area contributed by atoms with Crippen molar-refractivity contribution < 1.29 is 4.74 Å². The van der Waals surface area contributed by atoms with E-state index < -0.39 is 0 Å². The summed E-state index contributed by atoms with van der Waals surface area (Å²) in [5, 5.41) is 3.43. The first kappa shape index (κ1) is 14.5. The number of hydrogen-bond donors (Lipinski definition) is 2. The van der Waals surface area contributed by atoms with Gasteiger partial charge in [0.15, 0.2) is 0 Å². The van der Waals surface area contributed by atoms with Crippen molar-refractivity contribution >= 4 is 15.9 Å². The molecule has 0 aliphatic heterocycles. The minimum atomic E-state index is 0.566. The van der Waals surface area contributed by atoms with Crippen molar-refractivity contribution in [2.45, 2.75) is 19.9 Å². The van der Waals surface area contributed by atoms with Crippen molar-refractivity contribution in [2.75, 3.05) is 20.2 Å². The van der Waals surface area contributed by atoms with E-state index in [1.165, 1.54) is 5.56 Å². The summed E-state index contributed by atoms with van der Waals surface area (Å²) in [6.45, 7) is 4.74. The summed E-state index contributed by atoms with van der Waals surface area (Å²) >= 11 is 3.48. The van der Waals surface area contributed by atoms with Crippen LogP contribution in [0.25, 0.3) is 0 Å². The summed E-state index contributed by atoms with van der Waals surface area (Å²) in [6, 6.07) is 6.12. The van der Waals surface area contributed by atoms with Gasteiger partial charge in [-0.25, -0.2) is 0 Å². The minimum absolute atomic E-state index is 0.566. The third-order valence-electron chi connectivity index (χ3n) is 2.89. The van der Waals surface area contributed by atoms with Crippen LogP contribution in [-0.2, 0) is 6.54 Å². The molecule has 3 nitrogen and oxygen atoms in total. The van der Waals surface area contributed by atoms with Crippen LogP contribution < -0.4 is 15.8 Å². The lowest BCUT2D eigenvalue weighted by atomic mass is 10.1. The van der Waals surface area contributed by atoms with Gasteiger partial charge in [-0.15, -0.1) is 0 Å². The van der Waals surface area contributed by atoms with Crippen molar-refractivity contribution in [2.24, 2.45) is 11.7 Å². The van der Waals surface area contributed by atoms with Crippen LogP contribution in [0.2, 0.25) is 0 Å². The number of nitrogens with two attached hydrogens (primary N) is 1. The van der Waals surface area contributed by atoms with E-state index in [1.54, 1.807) is 7.11 Å². The minimum Gasteiger partial charge on any atom is -0.496 e. The molecule has 17 heavy (non-hydrogen) atoms. The number of ether oxygens (including phenoxy) is 1. The van der Waals surface area contributed by atoms with Gasteiger partial charge < -0.3 is 15.8 Å². The molecule has 1 aromatic carbocycles. The van der Waals surface area contributed by atoms with Gasteiger partial charge >= 0.3 is 0 Å². The molecule has 1 atom stereocenters. The van der Waals surface area contributed by atoms with Crippen LogP contribution >= 0.6 is 15.9 Å². The fraction of sp³-hybridized carbons (Fsp3) is 0.538. The highest BCUT2D eigenvalue weighted by atomic mass is 79.9. The fourth-order valence-electron chi connectivity index (χ4n) is 1.63. The van der Waals surface area contributed by atoms with Gasteiger partial charge in [0.1, 0.15) is 5.75 Å². The van der Waals surface area contributed by atoms with Gasteiger partial charge in [-0.05, 0) is 52.6 Å². The van der Waals surface area contributed by atoms with Crippen molar-refractivity contribution in [1.29, 1.82) is 0 Å². The normalized spacial score (nSPS) is 12.5. The van der Waals surface area contributed by atoms with Gasteiger partial charge in [0.25, 0.3) is 0 Å². The molecule has 0 saturated carbocycles. The Morgan fingerprint density at radius 3 is 2.76 bits per heavy atom. The fourth-order valence-corrected chi connectivity index (χ4v) is 2.22. The van der Waals surface area contributed by atoms with Crippen molar-refractivity contribution in [1.82, 2.24) is 5.32 Å². The summed E-state index contributed by atoms with van der Waals surface area (Å²) in [7, 11) is 1.67. The molecule has 1 aromatic rings. The van der Waals surface area contributed by atoms with Gasteiger partial charge in [0, 0.05) is 6.54 Å². The monoisotopic (exact) mass is 300 g/mol. The maximum absolute atomic E-state index is 5.66. The maximum Gasteiger partial charge on any atom is 0.133 e. The zero-order valence-corrected chi connectivity index (χ0v) is 12.1. The van der Waals surface area contributed by atoms with E-state index in [-0.39, 0.29) is 0 Å². The Kier molecular flexibility index (Phi) is 6.55. The molecule has 0 aromatic heterocycles. The standard InChI is InChI=1S/C13H21BrN2O/c1-3-10(7-15)8-16-9-11-4-5-13(17-2)12(14)6-11/h4-6,10,16H,3,7-9,15H2,1-2H3. The Bertz CT molecular complexity index is 340. The Morgan fingerprint density at radius 1 is 1.47 bits per heavy atom. The first-order valence-corrected chi connectivity index (χ1v) is 6.73. The molecule has 3 N–H and O–H groups in total.